The van der Waals surface area contributed by atoms with E-state index < -0.39 is 5.82 Å². The number of benzene rings is 1. The van der Waals surface area contributed by atoms with Crippen molar-refractivity contribution in [2.24, 2.45) is 11.3 Å². The third kappa shape index (κ3) is 4.01. The Labute approximate surface area is 164 Å². The Balaban J connectivity index is 1.58. The van der Waals surface area contributed by atoms with Crippen molar-refractivity contribution in [3.8, 4) is 0 Å². The number of anilines is 2. The lowest BCUT2D eigenvalue weighted by molar-refractivity contribution is -0.117. The number of carbonyl (C=O) groups is 1. The van der Waals surface area contributed by atoms with Crippen molar-refractivity contribution in [3.63, 3.8) is 0 Å². The van der Waals surface area contributed by atoms with Gasteiger partial charge in [0, 0.05) is 31.5 Å². The predicted molar refractivity (Wildman–Crippen MR) is 105 cm³/mol. The smallest absolute Gasteiger partial charge is 0.226 e. The molecule has 1 aromatic heterocycles. The van der Waals surface area contributed by atoms with Gasteiger partial charge >= 0.3 is 0 Å². The highest BCUT2D eigenvalue weighted by Crippen LogP contribution is 2.54. The number of pyridine rings is 1. The molecule has 1 saturated carbocycles. The van der Waals surface area contributed by atoms with E-state index in [-0.39, 0.29) is 23.0 Å². The second kappa shape index (κ2) is 6.83. The fourth-order valence-corrected chi connectivity index (χ4v) is 3.89. The molecule has 4 nitrogen and oxygen atoms in total. The lowest BCUT2D eigenvalue weighted by Crippen LogP contribution is -2.30. The Hall–Kier alpha value is -2.50. The van der Waals surface area contributed by atoms with Gasteiger partial charge in [-0.1, -0.05) is 32.9 Å². The Kier molecular flexibility index (Phi) is 4.60. The average molecular weight is 385 g/mol. The normalized spacial score (nSPS) is 20.4. The van der Waals surface area contributed by atoms with E-state index in [4.69, 9.17) is 0 Å². The summed E-state index contributed by atoms with van der Waals surface area (Å²) in [5, 5.41) is 2.64. The monoisotopic (exact) mass is 385 g/mol. The van der Waals surface area contributed by atoms with Crippen LogP contribution < -0.4 is 10.2 Å². The van der Waals surface area contributed by atoms with E-state index in [1.54, 1.807) is 12.1 Å². The quantitative estimate of drug-likeness (QED) is 0.818. The topological polar surface area (TPSA) is 45.2 Å². The summed E-state index contributed by atoms with van der Waals surface area (Å²) < 4.78 is 27.9. The molecule has 0 bridgehead atoms. The molecule has 1 aromatic carbocycles. The van der Waals surface area contributed by atoms with E-state index in [1.807, 2.05) is 20.8 Å². The van der Waals surface area contributed by atoms with E-state index in [0.29, 0.717) is 24.8 Å². The second-order valence-corrected chi connectivity index (χ2v) is 9.12. The van der Waals surface area contributed by atoms with E-state index in [0.717, 1.165) is 29.9 Å². The predicted octanol–water partition coefficient (Wildman–Crippen LogP) is 4.86. The van der Waals surface area contributed by atoms with Crippen LogP contribution in [0.2, 0.25) is 0 Å². The number of rotatable bonds is 4. The summed E-state index contributed by atoms with van der Waals surface area (Å²) in [4.78, 5) is 18.8. The molecule has 6 heteroatoms. The molecule has 1 aliphatic heterocycles. The van der Waals surface area contributed by atoms with Crippen molar-refractivity contribution in [1.29, 1.82) is 0 Å². The number of nitrogens with one attached hydrogen (secondary N) is 1. The maximum absolute atomic E-state index is 14.7. The third-order valence-electron chi connectivity index (χ3n) is 5.29. The van der Waals surface area contributed by atoms with Gasteiger partial charge in [0.1, 0.15) is 5.82 Å². The SMILES string of the molecule is CC(C)(C)CC(=O)Nc1nc2c(cc1F)N(Cc1ccc(F)cc1)CC1CC21. The van der Waals surface area contributed by atoms with Crippen molar-refractivity contribution in [2.75, 3.05) is 16.8 Å². The highest BCUT2D eigenvalue weighted by atomic mass is 19.1. The molecule has 0 spiro atoms. The third-order valence-corrected chi connectivity index (χ3v) is 5.29. The van der Waals surface area contributed by atoms with Gasteiger partial charge in [-0.25, -0.2) is 13.8 Å². The number of nitrogens with zero attached hydrogens (tertiary/aromatic N) is 2. The fraction of sp³-hybridized carbons (Fsp3) is 0.455. The first-order chi connectivity index (χ1) is 13.2. The minimum atomic E-state index is -0.524. The molecule has 2 heterocycles. The number of carbonyl (C=O) groups excluding carboxylic acids is 1. The zero-order valence-electron chi connectivity index (χ0n) is 16.4. The van der Waals surface area contributed by atoms with Crippen LogP contribution in [0.15, 0.2) is 30.3 Å². The number of halogens is 2. The van der Waals surface area contributed by atoms with Gasteiger partial charge in [-0.2, -0.15) is 0 Å². The molecular formula is C22H25F2N3O. The van der Waals surface area contributed by atoms with Gasteiger partial charge in [-0.15, -0.1) is 0 Å². The van der Waals surface area contributed by atoms with Crippen LogP contribution in [0, 0.1) is 23.0 Å². The van der Waals surface area contributed by atoms with Gasteiger partial charge in [-0.3, -0.25) is 4.79 Å². The molecule has 0 saturated heterocycles. The van der Waals surface area contributed by atoms with Crippen molar-refractivity contribution >= 4 is 17.4 Å². The Morgan fingerprint density at radius 3 is 2.64 bits per heavy atom. The van der Waals surface area contributed by atoms with E-state index in [9.17, 15) is 13.6 Å². The summed E-state index contributed by atoms with van der Waals surface area (Å²) >= 11 is 0. The zero-order chi connectivity index (χ0) is 20.1. The second-order valence-electron chi connectivity index (χ2n) is 9.12. The molecule has 2 atom stereocenters. The molecular weight excluding hydrogens is 360 g/mol. The summed E-state index contributed by atoms with van der Waals surface area (Å²) in [5.74, 6) is -0.174. The van der Waals surface area contributed by atoms with Gasteiger partial charge < -0.3 is 10.2 Å². The molecule has 2 unspecified atom stereocenters. The standard InChI is InChI=1S/C22H25F2N3O/c1-22(2,3)10-19(28)25-21-17(24)9-18-20(26-21)16-8-14(16)12-27(18)11-13-4-6-15(23)7-5-13/h4-7,9,14,16H,8,10-12H2,1-3H3,(H,25,26,28). The Morgan fingerprint density at radius 1 is 1.25 bits per heavy atom. The largest absolute Gasteiger partial charge is 0.365 e. The van der Waals surface area contributed by atoms with Gasteiger partial charge in [0.05, 0.1) is 11.4 Å². The van der Waals surface area contributed by atoms with Crippen molar-refractivity contribution in [1.82, 2.24) is 4.98 Å². The lowest BCUT2D eigenvalue weighted by atomic mass is 9.92. The Bertz CT molecular complexity index is 905. The van der Waals surface area contributed by atoms with E-state index >= 15 is 0 Å². The van der Waals surface area contributed by atoms with E-state index in [2.05, 4.69) is 15.2 Å². The molecule has 1 aliphatic carbocycles. The number of amides is 1. The van der Waals surface area contributed by atoms with Crippen LogP contribution >= 0.6 is 0 Å². The summed E-state index contributed by atoms with van der Waals surface area (Å²) in [6, 6.07) is 7.85. The van der Waals surface area contributed by atoms with Gasteiger partial charge in [0.15, 0.2) is 11.6 Å². The van der Waals surface area contributed by atoms with Gasteiger partial charge in [0.25, 0.3) is 0 Å². The average Bonchev–Trinajstić information content (AvgIpc) is 3.36. The first kappa shape index (κ1) is 18.8. The van der Waals surface area contributed by atoms with Crippen molar-refractivity contribution in [3.05, 3.63) is 53.2 Å². The van der Waals surface area contributed by atoms with Crippen LogP contribution in [-0.4, -0.2) is 17.4 Å². The molecule has 2 aliphatic rings. The molecule has 148 valence electrons. The Morgan fingerprint density at radius 2 is 1.96 bits per heavy atom. The van der Waals surface area contributed by atoms with E-state index in [1.165, 1.54) is 18.2 Å². The molecule has 1 N–H and O–H groups in total. The number of hydrogen-bond donors (Lipinski definition) is 1. The van der Waals surface area contributed by atoms with Crippen LogP contribution in [0.1, 0.15) is 50.8 Å². The molecule has 1 amide bonds. The molecule has 4 rings (SSSR count). The highest BCUT2D eigenvalue weighted by molar-refractivity contribution is 5.90. The molecule has 28 heavy (non-hydrogen) atoms. The summed E-state index contributed by atoms with van der Waals surface area (Å²) in [6.45, 7) is 7.31. The van der Waals surface area contributed by atoms with Crippen LogP contribution in [0.4, 0.5) is 20.3 Å². The summed E-state index contributed by atoms with van der Waals surface area (Å²) in [7, 11) is 0. The summed E-state index contributed by atoms with van der Waals surface area (Å²) in [5.41, 5.74) is 2.41. The van der Waals surface area contributed by atoms with Crippen molar-refractivity contribution < 1.29 is 13.6 Å². The zero-order valence-corrected chi connectivity index (χ0v) is 16.4. The number of fused-ring (bicyclic) bond motifs is 3. The minimum absolute atomic E-state index is 0.0160. The van der Waals surface area contributed by atoms with Crippen LogP contribution in [0.25, 0.3) is 0 Å². The first-order valence-electron chi connectivity index (χ1n) is 9.69. The first-order valence-corrected chi connectivity index (χ1v) is 9.69. The van der Waals surface area contributed by atoms with Crippen LogP contribution in [0.5, 0.6) is 0 Å². The maximum atomic E-state index is 14.7. The maximum Gasteiger partial charge on any atom is 0.226 e. The van der Waals surface area contributed by atoms with Crippen LogP contribution in [0.3, 0.4) is 0 Å². The van der Waals surface area contributed by atoms with Crippen LogP contribution in [-0.2, 0) is 11.3 Å². The van der Waals surface area contributed by atoms with Crippen molar-refractivity contribution in [2.45, 2.75) is 46.1 Å². The minimum Gasteiger partial charge on any atom is -0.365 e. The number of aromatic nitrogens is 1. The number of hydrogen-bond acceptors (Lipinski definition) is 3. The molecule has 2 aromatic rings. The van der Waals surface area contributed by atoms with Gasteiger partial charge in [-0.05, 0) is 35.4 Å². The lowest BCUT2D eigenvalue weighted by Gasteiger charge is -2.31. The molecule has 1 fully saturated rings. The summed E-state index contributed by atoms with van der Waals surface area (Å²) in [6.07, 6.45) is 1.33. The molecule has 0 radical (unpaired) electrons. The van der Waals surface area contributed by atoms with Gasteiger partial charge in [0.2, 0.25) is 5.91 Å². The highest BCUT2D eigenvalue weighted by Gasteiger charge is 2.46. The fourth-order valence-electron chi connectivity index (χ4n) is 3.89.